The van der Waals surface area contributed by atoms with Crippen molar-refractivity contribution in [2.24, 2.45) is 5.92 Å². The fourth-order valence-electron chi connectivity index (χ4n) is 4.59. The minimum absolute atomic E-state index is 0.218. The molecule has 2 heterocycles. The molecule has 2 aromatic rings. The SMILES string of the molecule is CCOC(=O)CCCOc1cnc(NCc2cc(C(C)=N)c(NC)nc2N(CC)CC2CCCC2)nc1. The van der Waals surface area contributed by atoms with Gasteiger partial charge >= 0.3 is 5.97 Å². The van der Waals surface area contributed by atoms with Crippen LogP contribution >= 0.6 is 0 Å². The smallest absolute Gasteiger partial charge is 0.305 e. The number of aromatic nitrogens is 3. The molecule has 202 valence electrons. The van der Waals surface area contributed by atoms with Crippen LogP contribution in [0.2, 0.25) is 0 Å². The molecule has 1 aliphatic rings. The third-order valence-electron chi connectivity index (χ3n) is 6.52. The lowest BCUT2D eigenvalue weighted by molar-refractivity contribution is -0.143. The van der Waals surface area contributed by atoms with Crippen LogP contribution in [0.1, 0.15) is 70.4 Å². The summed E-state index contributed by atoms with van der Waals surface area (Å²) in [7, 11) is 1.85. The summed E-state index contributed by atoms with van der Waals surface area (Å²) in [5, 5.41) is 14.7. The van der Waals surface area contributed by atoms with Crippen molar-refractivity contribution >= 4 is 29.3 Å². The number of pyridine rings is 1. The van der Waals surface area contributed by atoms with E-state index < -0.39 is 0 Å². The molecule has 37 heavy (non-hydrogen) atoms. The second-order valence-corrected chi connectivity index (χ2v) is 9.28. The van der Waals surface area contributed by atoms with Crippen LogP contribution in [0.4, 0.5) is 17.6 Å². The Balaban J connectivity index is 1.68. The van der Waals surface area contributed by atoms with Crippen LogP contribution in [0.5, 0.6) is 5.75 Å². The van der Waals surface area contributed by atoms with E-state index in [1.807, 2.05) is 13.1 Å². The summed E-state index contributed by atoms with van der Waals surface area (Å²) in [5.74, 6) is 3.15. The maximum absolute atomic E-state index is 11.4. The van der Waals surface area contributed by atoms with Gasteiger partial charge in [-0.25, -0.2) is 15.0 Å². The summed E-state index contributed by atoms with van der Waals surface area (Å²) in [4.78, 5) is 27.5. The zero-order chi connectivity index (χ0) is 26.6. The van der Waals surface area contributed by atoms with E-state index in [2.05, 4.69) is 32.4 Å². The first kappa shape index (κ1) is 28.1. The predicted molar refractivity (Wildman–Crippen MR) is 147 cm³/mol. The van der Waals surface area contributed by atoms with Crippen molar-refractivity contribution in [2.45, 2.75) is 65.8 Å². The molecule has 0 spiro atoms. The molecule has 0 amide bonds. The fourth-order valence-corrected chi connectivity index (χ4v) is 4.59. The van der Waals surface area contributed by atoms with Crippen molar-refractivity contribution in [2.75, 3.05) is 48.9 Å². The van der Waals surface area contributed by atoms with E-state index in [1.54, 1.807) is 26.2 Å². The van der Waals surface area contributed by atoms with Gasteiger partial charge in [0.2, 0.25) is 5.95 Å². The van der Waals surface area contributed by atoms with Gasteiger partial charge in [-0.3, -0.25) is 4.79 Å². The van der Waals surface area contributed by atoms with Gasteiger partial charge in [0, 0.05) is 49.9 Å². The van der Waals surface area contributed by atoms with Gasteiger partial charge in [-0.05, 0) is 52.0 Å². The van der Waals surface area contributed by atoms with Crippen LogP contribution in [0.15, 0.2) is 18.5 Å². The highest BCUT2D eigenvalue weighted by molar-refractivity contribution is 6.01. The van der Waals surface area contributed by atoms with E-state index in [4.69, 9.17) is 19.9 Å². The highest BCUT2D eigenvalue weighted by Gasteiger charge is 2.22. The molecule has 10 nitrogen and oxygen atoms in total. The van der Waals surface area contributed by atoms with Gasteiger partial charge in [0.1, 0.15) is 11.6 Å². The fraction of sp³-hybridized carbons (Fsp3) is 0.593. The Labute approximate surface area is 220 Å². The van der Waals surface area contributed by atoms with E-state index in [9.17, 15) is 4.79 Å². The molecule has 3 N–H and O–H groups in total. The van der Waals surface area contributed by atoms with Gasteiger partial charge < -0.3 is 30.4 Å². The average Bonchev–Trinajstić information content (AvgIpc) is 3.42. The van der Waals surface area contributed by atoms with Gasteiger partial charge in [-0.15, -0.1) is 0 Å². The Morgan fingerprint density at radius 1 is 1.22 bits per heavy atom. The molecule has 0 unspecified atom stereocenters. The minimum Gasteiger partial charge on any atom is -0.490 e. The standard InChI is InChI=1S/C27H41N7O3/c1-5-34(18-20-10-7-8-11-20)26-21(14-23(19(3)28)25(29-4)33-26)15-30-27-31-16-22(17-32-27)37-13-9-12-24(35)36-6-2/h14,16-17,20,28H,5-13,15,18H2,1-4H3,(H,29,33)(H,30,31,32). The summed E-state index contributed by atoms with van der Waals surface area (Å²) in [6.07, 6.45) is 9.28. The second kappa shape index (κ2) is 14.3. The number of rotatable bonds is 15. The third kappa shape index (κ3) is 8.30. The van der Waals surface area contributed by atoms with Crippen molar-refractivity contribution in [1.29, 1.82) is 5.41 Å². The number of anilines is 3. The molecule has 1 aliphatic carbocycles. The summed E-state index contributed by atoms with van der Waals surface area (Å²) in [5.41, 5.74) is 2.25. The maximum Gasteiger partial charge on any atom is 0.305 e. The van der Waals surface area contributed by atoms with Crippen LogP contribution in [0.3, 0.4) is 0 Å². The zero-order valence-corrected chi connectivity index (χ0v) is 22.6. The number of nitrogens with one attached hydrogen (secondary N) is 3. The lowest BCUT2D eigenvalue weighted by Crippen LogP contribution is -2.31. The Hall–Kier alpha value is -3.43. The lowest BCUT2D eigenvalue weighted by Gasteiger charge is -2.28. The molecule has 0 atom stereocenters. The number of hydrogen-bond acceptors (Lipinski definition) is 10. The average molecular weight is 512 g/mol. The van der Waals surface area contributed by atoms with Crippen molar-refractivity contribution in [3.05, 3.63) is 29.6 Å². The molecule has 0 radical (unpaired) electrons. The van der Waals surface area contributed by atoms with E-state index in [1.165, 1.54) is 25.7 Å². The second-order valence-electron chi connectivity index (χ2n) is 9.28. The van der Waals surface area contributed by atoms with E-state index >= 15 is 0 Å². The van der Waals surface area contributed by atoms with Crippen molar-refractivity contribution in [3.63, 3.8) is 0 Å². The van der Waals surface area contributed by atoms with Gasteiger partial charge in [0.05, 0.1) is 25.6 Å². The first-order chi connectivity index (χ1) is 17.9. The van der Waals surface area contributed by atoms with Gasteiger partial charge in [-0.1, -0.05) is 12.8 Å². The Kier molecular flexibility index (Phi) is 10.9. The summed E-state index contributed by atoms with van der Waals surface area (Å²) >= 11 is 0. The molecule has 0 aromatic carbocycles. The monoisotopic (exact) mass is 511 g/mol. The Morgan fingerprint density at radius 2 is 1.95 bits per heavy atom. The molecule has 0 saturated heterocycles. The van der Waals surface area contributed by atoms with Crippen LogP contribution in [0, 0.1) is 11.3 Å². The number of ether oxygens (including phenoxy) is 2. The highest BCUT2D eigenvalue weighted by Crippen LogP contribution is 2.30. The molecule has 10 heteroatoms. The molecular weight excluding hydrogens is 470 g/mol. The number of hydrogen-bond donors (Lipinski definition) is 3. The molecule has 0 aliphatic heterocycles. The Bertz CT molecular complexity index is 1020. The topological polar surface area (TPSA) is 125 Å². The molecule has 2 aromatic heterocycles. The first-order valence-electron chi connectivity index (χ1n) is 13.3. The molecule has 0 bridgehead atoms. The third-order valence-corrected chi connectivity index (χ3v) is 6.52. The number of nitrogens with zero attached hydrogens (tertiary/aromatic N) is 4. The maximum atomic E-state index is 11.4. The van der Waals surface area contributed by atoms with Gasteiger partial charge in [0.25, 0.3) is 0 Å². The number of carbonyl (C=O) groups is 1. The minimum atomic E-state index is -0.218. The van der Waals surface area contributed by atoms with Crippen molar-refractivity contribution < 1.29 is 14.3 Å². The largest absolute Gasteiger partial charge is 0.490 e. The highest BCUT2D eigenvalue weighted by atomic mass is 16.5. The summed E-state index contributed by atoms with van der Waals surface area (Å²) < 4.78 is 10.6. The summed E-state index contributed by atoms with van der Waals surface area (Å²) in [6, 6.07) is 2.04. The van der Waals surface area contributed by atoms with E-state index in [0.29, 0.717) is 55.9 Å². The number of esters is 1. The van der Waals surface area contributed by atoms with Crippen LogP contribution in [-0.2, 0) is 16.1 Å². The van der Waals surface area contributed by atoms with Gasteiger partial charge in [-0.2, -0.15) is 0 Å². The Morgan fingerprint density at radius 3 is 2.57 bits per heavy atom. The number of carbonyl (C=O) groups excluding carboxylic acids is 1. The molecule has 3 rings (SSSR count). The molecule has 1 fully saturated rings. The predicted octanol–water partition coefficient (Wildman–Crippen LogP) is 4.65. The molecular formula is C27H41N7O3. The lowest BCUT2D eigenvalue weighted by atomic mass is 10.1. The van der Waals surface area contributed by atoms with Crippen LogP contribution in [0.25, 0.3) is 0 Å². The normalized spacial score (nSPS) is 13.3. The van der Waals surface area contributed by atoms with E-state index in [0.717, 1.165) is 35.9 Å². The van der Waals surface area contributed by atoms with Crippen LogP contribution < -0.4 is 20.3 Å². The quantitative estimate of drug-likeness (QED) is 0.178. The summed E-state index contributed by atoms with van der Waals surface area (Å²) in [6.45, 7) is 8.84. The van der Waals surface area contributed by atoms with Crippen molar-refractivity contribution in [1.82, 2.24) is 15.0 Å². The zero-order valence-electron chi connectivity index (χ0n) is 22.6. The van der Waals surface area contributed by atoms with Gasteiger partial charge in [0.15, 0.2) is 5.75 Å². The van der Waals surface area contributed by atoms with Crippen LogP contribution in [-0.4, -0.2) is 60.0 Å². The molecule has 1 saturated carbocycles. The first-order valence-corrected chi connectivity index (χ1v) is 13.3. The van der Waals surface area contributed by atoms with E-state index in [-0.39, 0.29) is 5.97 Å². The van der Waals surface area contributed by atoms with Crippen molar-refractivity contribution in [3.8, 4) is 5.75 Å².